The summed E-state index contributed by atoms with van der Waals surface area (Å²) in [4.78, 5) is 29.6. The number of hydrogen-bond donors (Lipinski definition) is 1. The summed E-state index contributed by atoms with van der Waals surface area (Å²) in [6, 6.07) is 12.9. The van der Waals surface area contributed by atoms with Gasteiger partial charge in [0.1, 0.15) is 17.6 Å². The topological polar surface area (TPSA) is 61.9 Å². The van der Waals surface area contributed by atoms with Crippen LogP contribution in [0.1, 0.15) is 24.2 Å². The summed E-state index contributed by atoms with van der Waals surface area (Å²) >= 11 is 0. The van der Waals surface area contributed by atoms with Gasteiger partial charge in [-0.3, -0.25) is 9.59 Å². The van der Waals surface area contributed by atoms with Gasteiger partial charge in [0.15, 0.2) is 0 Å². The fraction of sp³-hybridized carbons (Fsp3) is 0.391. The fourth-order valence-corrected chi connectivity index (χ4v) is 3.57. The quantitative estimate of drug-likeness (QED) is 0.791. The average Bonchev–Trinajstić information content (AvgIpc) is 2.77. The minimum absolute atomic E-state index is 0.0567. The fourth-order valence-electron chi connectivity index (χ4n) is 3.57. The van der Waals surface area contributed by atoms with Gasteiger partial charge in [-0.05, 0) is 30.2 Å². The van der Waals surface area contributed by atoms with Gasteiger partial charge in [-0.1, -0.05) is 32.0 Å². The highest BCUT2D eigenvalue weighted by molar-refractivity contribution is 5.97. The maximum atomic E-state index is 13.9. The number of carbonyl (C=O) groups is 2. The van der Waals surface area contributed by atoms with Crippen molar-refractivity contribution in [2.24, 2.45) is 5.92 Å². The number of methoxy groups -OCH3 is 1. The molecule has 0 aromatic heterocycles. The number of nitrogens with one attached hydrogen (secondary N) is 1. The van der Waals surface area contributed by atoms with E-state index in [1.165, 1.54) is 18.2 Å². The van der Waals surface area contributed by atoms with Crippen LogP contribution in [-0.4, -0.2) is 56.0 Å². The molecule has 0 spiro atoms. The molecule has 1 aliphatic heterocycles. The van der Waals surface area contributed by atoms with E-state index < -0.39 is 17.8 Å². The van der Waals surface area contributed by atoms with Crippen LogP contribution in [0.2, 0.25) is 0 Å². The number of ether oxygens (including phenoxy) is 1. The minimum Gasteiger partial charge on any atom is -0.497 e. The normalized spacial score (nSPS) is 15.1. The molecule has 2 amide bonds. The largest absolute Gasteiger partial charge is 0.497 e. The first-order valence-electron chi connectivity index (χ1n) is 10.1. The second-order valence-electron chi connectivity index (χ2n) is 7.69. The molecule has 1 heterocycles. The zero-order chi connectivity index (χ0) is 21.7. The predicted molar refractivity (Wildman–Crippen MR) is 114 cm³/mol. The van der Waals surface area contributed by atoms with Crippen LogP contribution in [0.15, 0.2) is 48.5 Å². The third-order valence-corrected chi connectivity index (χ3v) is 5.35. The highest BCUT2D eigenvalue weighted by Crippen LogP contribution is 2.22. The van der Waals surface area contributed by atoms with E-state index in [4.69, 9.17) is 4.74 Å². The number of carbonyl (C=O) groups excluding carboxylic acids is 2. The molecule has 160 valence electrons. The van der Waals surface area contributed by atoms with Crippen LogP contribution in [-0.2, 0) is 4.79 Å². The van der Waals surface area contributed by atoms with E-state index in [2.05, 4.69) is 10.2 Å². The second kappa shape index (κ2) is 9.61. The SMILES string of the molecule is COc1cccc(N2CCN(C(=O)C(NC(=O)c3ccccc3F)C(C)C)CC2)c1. The van der Waals surface area contributed by atoms with Gasteiger partial charge in [0, 0.05) is 37.9 Å². The van der Waals surface area contributed by atoms with Crippen molar-refractivity contribution >= 4 is 17.5 Å². The molecule has 0 bridgehead atoms. The molecule has 3 rings (SSSR count). The summed E-state index contributed by atoms with van der Waals surface area (Å²) in [5.41, 5.74) is 0.994. The van der Waals surface area contributed by atoms with Crippen molar-refractivity contribution in [1.29, 1.82) is 0 Å². The number of anilines is 1. The highest BCUT2D eigenvalue weighted by Gasteiger charge is 2.31. The number of halogens is 1. The van der Waals surface area contributed by atoms with Crippen molar-refractivity contribution in [2.75, 3.05) is 38.2 Å². The lowest BCUT2D eigenvalue weighted by molar-refractivity contribution is -0.134. The Balaban J connectivity index is 1.64. The summed E-state index contributed by atoms with van der Waals surface area (Å²) in [7, 11) is 1.64. The first-order valence-corrected chi connectivity index (χ1v) is 10.1. The van der Waals surface area contributed by atoms with Gasteiger partial charge in [-0.25, -0.2) is 4.39 Å². The third kappa shape index (κ3) is 4.90. The Morgan fingerprint density at radius 3 is 2.37 bits per heavy atom. The van der Waals surface area contributed by atoms with E-state index in [1.54, 1.807) is 18.1 Å². The Hall–Kier alpha value is -3.09. The van der Waals surface area contributed by atoms with Gasteiger partial charge >= 0.3 is 0 Å². The Labute approximate surface area is 176 Å². The summed E-state index contributed by atoms with van der Waals surface area (Å²) in [6.07, 6.45) is 0. The first-order chi connectivity index (χ1) is 14.4. The second-order valence-corrected chi connectivity index (χ2v) is 7.69. The molecule has 1 N–H and O–H groups in total. The van der Waals surface area contributed by atoms with Crippen molar-refractivity contribution in [1.82, 2.24) is 10.2 Å². The first kappa shape index (κ1) is 21.6. The molecule has 1 atom stereocenters. The molecular formula is C23H28FN3O3. The monoisotopic (exact) mass is 413 g/mol. The Morgan fingerprint density at radius 1 is 1.03 bits per heavy atom. The molecule has 1 saturated heterocycles. The summed E-state index contributed by atoms with van der Waals surface area (Å²) in [6.45, 7) is 6.22. The van der Waals surface area contributed by atoms with Gasteiger partial charge < -0.3 is 19.9 Å². The van der Waals surface area contributed by atoms with E-state index in [-0.39, 0.29) is 17.4 Å². The van der Waals surface area contributed by atoms with E-state index in [1.807, 2.05) is 38.1 Å². The van der Waals surface area contributed by atoms with Gasteiger partial charge in [0.25, 0.3) is 5.91 Å². The van der Waals surface area contributed by atoms with Crippen LogP contribution in [0.3, 0.4) is 0 Å². The van der Waals surface area contributed by atoms with Crippen molar-refractivity contribution in [3.8, 4) is 5.75 Å². The molecule has 2 aromatic carbocycles. The van der Waals surface area contributed by atoms with Crippen LogP contribution in [0.5, 0.6) is 5.75 Å². The molecule has 2 aromatic rings. The standard InChI is InChI=1S/C23H28FN3O3/c1-16(2)21(25-22(28)19-9-4-5-10-20(19)24)23(29)27-13-11-26(12-14-27)17-7-6-8-18(15-17)30-3/h4-10,15-16,21H,11-14H2,1-3H3,(H,25,28). The Kier molecular flexibility index (Phi) is 6.92. The number of piperazine rings is 1. The molecular weight excluding hydrogens is 385 g/mol. The molecule has 0 radical (unpaired) electrons. The molecule has 6 nitrogen and oxygen atoms in total. The lowest BCUT2D eigenvalue weighted by Crippen LogP contribution is -2.56. The maximum absolute atomic E-state index is 13.9. The number of amides is 2. The van der Waals surface area contributed by atoms with E-state index >= 15 is 0 Å². The maximum Gasteiger partial charge on any atom is 0.254 e. The zero-order valence-corrected chi connectivity index (χ0v) is 17.6. The van der Waals surface area contributed by atoms with Gasteiger partial charge in [0.05, 0.1) is 12.7 Å². The Bertz CT molecular complexity index is 895. The number of rotatable bonds is 6. The molecule has 1 fully saturated rings. The molecule has 1 unspecified atom stereocenters. The van der Waals surface area contributed by atoms with Crippen LogP contribution in [0.25, 0.3) is 0 Å². The van der Waals surface area contributed by atoms with E-state index in [9.17, 15) is 14.0 Å². The number of benzene rings is 2. The molecule has 0 aliphatic carbocycles. The zero-order valence-electron chi connectivity index (χ0n) is 17.6. The lowest BCUT2D eigenvalue weighted by Gasteiger charge is -2.38. The summed E-state index contributed by atoms with van der Waals surface area (Å²) < 4.78 is 19.2. The van der Waals surface area contributed by atoms with Gasteiger partial charge in [-0.2, -0.15) is 0 Å². The van der Waals surface area contributed by atoms with Crippen molar-refractivity contribution < 1.29 is 18.7 Å². The lowest BCUT2D eigenvalue weighted by atomic mass is 10.0. The Morgan fingerprint density at radius 2 is 1.73 bits per heavy atom. The molecule has 30 heavy (non-hydrogen) atoms. The van der Waals surface area contributed by atoms with Crippen LogP contribution in [0.4, 0.5) is 10.1 Å². The van der Waals surface area contributed by atoms with E-state index in [0.29, 0.717) is 26.2 Å². The summed E-state index contributed by atoms with van der Waals surface area (Å²) in [5, 5.41) is 2.73. The smallest absolute Gasteiger partial charge is 0.254 e. The van der Waals surface area contributed by atoms with E-state index in [0.717, 1.165) is 11.4 Å². The average molecular weight is 413 g/mol. The van der Waals surface area contributed by atoms with Gasteiger partial charge in [0.2, 0.25) is 5.91 Å². The number of nitrogens with zero attached hydrogens (tertiary/aromatic N) is 2. The highest BCUT2D eigenvalue weighted by atomic mass is 19.1. The molecule has 7 heteroatoms. The van der Waals surface area contributed by atoms with Gasteiger partial charge in [-0.15, -0.1) is 0 Å². The third-order valence-electron chi connectivity index (χ3n) is 5.35. The van der Waals surface area contributed by atoms with Crippen LogP contribution >= 0.6 is 0 Å². The van der Waals surface area contributed by atoms with Crippen LogP contribution < -0.4 is 15.0 Å². The summed E-state index contributed by atoms with van der Waals surface area (Å²) in [5.74, 6) is -0.640. The predicted octanol–water partition coefficient (Wildman–Crippen LogP) is 2.94. The molecule has 1 aliphatic rings. The van der Waals surface area contributed by atoms with Crippen molar-refractivity contribution in [3.63, 3.8) is 0 Å². The van der Waals surface area contributed by atoms with Crippen molar-refractivity contribution in [3.05, 3.63) is 59.9 Å². The number of hydrogen-bond acceptors (Lipinski definition) is 4. The minimum atomic E-state index is -0.708. The van der Waals surface area contributed by atoms with Crippen molar-refractivity contribution in [2.45, 2.75) is 19.9 Å². The van der Waals surface area contributed by atoms with Crippen LogP contribution in [0, 0.1) is 11.7 Å². The molecule has 0 saturated carbocycles.